The van der Waals surface area contributed by atoms with Gasteiger partial charge in [0.1, 0.15) is 0 Å². The van der Waals surface area contributed by atoms with Gasteiger partial charge in [0, 0.05) is 20.8 Å². The van der Waals surface area contributed by atoms with E-state index in [4.69, 9.17) is 20.1 Å². The summed E-state index contributed by atoms with van der Waals surface area (Å²) in [4.78, 5) is 14.6. The standard InChI is InChI=1S/C12H24N6O3/c1-5-21-12-15-10(17-13)14-11(16-12)18(6-7-19-3)9(2)8-20-4/h9H,5-8,13H2,1-4H3,(H,14,15,16,17). The Labute approximate surface area is 124 Å². The number of hydrogen-bond donors (Lipinski definition) is 2. The number of nitrogens with one attached hydrogen (secondary N) is 1. The van der Waals surface area contributed by atoms with Gasteiger partial charge in [-0.15, -0.1) is 0 Å². The maximum absolute atomic E-state index is 5.39. The second kappa shape index (κ2) is 9.27. The first-order valence-electron chi connectivity index (χ1n) is 6.76. The molecule has 0 saturated carbocycles. The molecule has 9 heteroatoms. The highest BCUT2D eigenvalue weighted by Crippen LogP contribution is 2.17. The lowest BCUT2D eigenvalue weighted by atomic mass is 10.3. The zero-order valence-electron chi connectivity index (χ0n) is 13.0. The first-order chi connectivity index (χ1) is 10.2. The number of methoxy groups -OCH3 is 2. The third kappa shape index (κ3) is 5.29. The van der Waals surface area contributed by atoms with Crippen molar-refractivity contribution in [1.82, 2.24) is 15.0 Å². The van der Waals surface area contributed by atoms with Crippen molar-refractivity contribution in [3.63, 3.8) is 0 Å². The van der Waals surface area contributed by atoms with Crippen LogP contribution in [0.1, 0.15) is 13.8 Å². The smallest absolute Gasteiger partial charge is 0.323 e. The van der Waals surface area contributed by atoms with E-state index < -0.39 is 0 Å². The molecule has 0 bridgehead atoms. The molecule has 1 atom stereocenters. The van der Waals surface area contributed by atoms with Gasteiger partial charge in [-0.3, -0.25) is 5.43 Å². The summed E-state index contributed by atoms with van der Waals surface area (Å²) in [5.41, 5.74) is 2.42. The largest absolute Gasteiger partial charge is 0.464 e. The molecule has 1 heterocycles. The van der Waals surface area contributed by atoms with Crippen LogP contribution >= 0.6 is 0 Å². The molecule has 1 unspecified atom stereocenters. The molecule has 0 aliphatic carbocycles. The van der Waals surface area contributed by atoms with Crippen LogP contribution in [0.2, 0.25) is 0 Å². The topological polar surface area (TPSA) is 108 Å². The average molecular weight is 300 g/mol. The van der Waals surface area contributed by atoms with Crippen molar-refractivity contribution < 1.29 is 14.2 Å². The molecule has 0 aliphatic rings. The summed E-state index contributed by atoms with van der Waals surface area (Å²) in [5.74, 6) is 6.10. The molecule has 21 heavy (non-hydrogen) atoms. The summed E-state index contributed by atoms with van der Waals surface area (Å²) >= 11 is 0. The van der Waals surface area contributed by atoms with Crippen LogP contribution < -0.4 is 20.9 Å². The lowest BCUT2D eigenvalue weighted by Gasteiger charge is -2.28. The lowest BCUT2D eigenvalue weighted by Crippen LogP contribution is -2.40. The normalized spacial score (nSPS) is 12.0. The quantitative estimate of drug-likeness (QED) is 0.457. The number of hydrogen-bond acceptors (Lipinski definition) is 9. The van der Waals surface area contributed by atoms with Gasteiger partial charge in [-0.2, -0.15) is 15.0 Å². The van der Waals surface area contributed by atoms with E-state index in [1.165, 1.54) is 0 Å². The Morgan fingerprint density at radius 3 is 2.57 bits per heavy atom. The number of nitrogen functional groups attached to an aromatic ring is 1. The van der Waals surface area contributed by atoms with Crippen LogP contribution in [0.25, 0.3) is 0 Å². The molecule has 1 aromatic rings. The second-order valence-electron chi connectivity index (χ2n) is 4.31. The average Bonchev–Trinajstić information content (AvgIpc) is 2.48. The van der Waals surface area contributed by atoms with Crippen LogP contribution in [0.5, 0.6) is 6.01 Å². The van der Waals surface area contributed by atoms with Crippen molar-refractivity contribution in [3.05, 3.63) is 0 Å². The van der Waals surface area contributed by atoms with E-state index in [0.717, 1.165) is 0 Å². The number of ether oxygens (including phenoxy) is 3. The summed E-state index contributed by atoms with van der Waals surface area (Å²) < 4.78 is 15.7. The Balaban J connectivity index is 3.05. The maximum Gasteiger partial charge on any atom is 0.323 e. The molecule has 0 aliphatic heterocycles. The molecule has 120 valence electrons. The molecule has 1 rings (SSSR count). The summed E-state index contributed by atoms with van der Waals surface area (Å²) in [6, 6.07) is 0.287. The zero-order chi connectivity index (χ0) is 15.7. The van der Waals surface area contributed by atoms with Gasteiger partial charge in [-0.25, -0.2) is 5.84 Å². The van der Waals surface area contributed by atoms with Gasteiger partial charge < -0.3 is 19.1 Å². The highest BCUT2D eigenvalue weighted by atomic mass is 16.5. The maximum atomic E-state index is 5.39. The Morgan fingerprint density at radius 2 is 2.00 bits per heavy atom. The summed E-state index contributed by atoms with van der Waals surface area (Å²) in [6.07, 6.45) is 0. The SMILES string of the molecule is CCOc1nc(NN)nc(N(CCOC)C(C)COC)n1. The van der Waals surface area contributed by atoms with Crippen LogP contribution in [0, 0.1) is 0 Å². The minimum Gasteiger partial charge on any atom is -0.464 e. The molecule has 9 nitrogen and oxygen atoms in total. The molecular weight excluding hydrogens is 276 g/mol. The number of hydrazine groups is 1. The predicted octanol–water partition coefficient (Wildman–Crippen LogP) is 0.0436. The van der Waals surface area contributed by atoms with Gasteiger partial charge >= 0.3 is 6.01 Å². The van der Waals surface area contributed by atoms with Crippen molar-refractivity contribution in [2.45, 2.75) is 19.9 Å². The van der Waals surface area contributed by atoms with Crippen molar-refractivity contribution in [2.75, 3.05) is 50.9 Å². The van der Waals surface area contributed by atoms with E-state index in [1.54, 1.807) is 14.2 Å². The number of anilines is 2. The fourth-order valence-electron chi connectivity index (χ4n) is 1.77. The van der Waals surface area contributed by atoms with Gasteiger partial charge in [0.05, 0.1) is 25.9 Å². The van der Waals surface area contributed by atoms with Crippen molar-refractivity contribution in [1.29, 1.82) is 0 Å². The van der Waals surface area contributed by atoms with Gasteiger partial charge in [-0.05, 0) is 13.8 Å². The minimum absolute atomic E-state index is 0.0626. The predicted molar refractivity (Wildman–Crippen MR) is 79.4 cm³/mol. The first kappa shape index (κ1) is 17.3. The fraction of sp³-hybridized carbons (Fsp3) is 0.750. The zero-order valence-corrected chi connectivity index (χ0v) is 13.0. The minimum atomic E-state index is 0.0626. The van der Waals surface area contributed by atoms with E-state index >= 15 is 0 Å². The molecule has 0 radical (unpaired) electrons. The second-order valence-corrected chi connectivity index (χ2v) is 4.31. The lowest BCUT2D eigenvalue weighted by molar-refractivity contribution is 0.170. The highest BCUT2D eigenvalue weighted by molar-refractivity contribution is 5.38. The van der Waals surface area contributed by atoms with E-state index in [0.29, 0.717) is 32.3 Å². The number of nitrogens with zero attached hydrogens (tertiary/aromatic N) is 4. The van der Waals surface area contributed by atoms with Gasteiger partial charge in [0.2, 0.25) is 11.9 Å². The van der Waals surface area contributed by atoms with E-state index in [9.17, 15) is 0 Å². The highest BCUT2D eigenvalue weighted by Gasteiger charge is 2.19. The summed E-state index contributed by atoms with van der Waals surface area (Å²) in [5, 5.41) is 0. The van der Waals surface area contributed by atoms with Gasteiger partial charge in [0.25, 0.3) is 0 Å². The fourth-order valence-corrected chi connectivity index (χ4v) is 1.77. The van der Waals surface area contributed by atoms with E-state index in [2.05, 4.69) is 20.4 Å². The monoisotopic (exact) mass is 300 g/mol. The molecular formula is C12H24N6O3. The van der Waals surface area contributed by atoms with Crippen LogP contribution in [0.4, 0.5) is 11.9 Å². The van der Waals surface area contributed by atoms with Crippen LogP contribution in [0.3, 0.4) is 0 Å². The molecule has 0 saturated heterocycles. The van der Waals surface area contributed by atoms with Gasteiger partial charge in [-0.1, -0.05) is 0 Å². The van der Waals surface area contributed by atoms with Gasteiger partial charge in [0.15, 0.2) is 0 Å². The number of nitrogens with two attached hydrogens (primary N) is 1. The Morgan fingerprint density at radius 1 is 1.24 bits per heavy atom. The summed E-state index contributed by atoms with van der Waals surface area (Å²) in [6.45, 7) is 6.01. The third-order valence-corrected chi connectivity index (χ3v) is 2.74. The third-order valence-electron chi connectivity index (χ3n) is 2.74. The molecule has 0 spiro atoms. The van der Waals surface area contributed by atoms with E-state index in [1.807, 2.05) is 18.7 Å². The van der Waals surface area contributed by atoms with Crippen LogP contribution in [-0.2, 0) is 9.47 Å². The Hall–Kier alpha value is -1.71. The molecule has 0 fully saturated rings. The molecule has 0 amide bonds. The van der Waals surface area contributed by atoms with Crippen molar-refractivity contribution in [3.8, 4) is 6.01 Å². The Bertz CT molecular complexity index is 420. The number of aromatic nitrogens is 3. The van der Waals surface area contributed by atoms with Crippen LogP contribution in [-0.4, -0.2) is 61.6 Å². The summed E-state index contributed by atoms with van der Waals surface area (Å²) in [7, 11) is 3.29. The Kier molecular flexibility index (Phi) is 7.65. The van der Waals surface area contributed by atoms with Crippen LogP contribution in [0.15, 0.2) is 0 Å². The van der Waals surface area contributed by atoms with Crippen molar-refractivity contribution >= 4 is 11.9 Å². The number of rotatable bonds is 10. The first-order valence-corrected chi connectivity index (χ1v) is 6.76. The van der Waals surface area contributed by atoms with Crippen molar-refractivity contribution in [2.24, 2.45) is 5.84 Å². The van der Waals surface area contributed by atoms with E-state index in [-0.39, 0.29) is 18.0 Å². The molecule has 1 aromatic heterocycles. The molecule has 3 N–H and O–H groups in total. The molecule has 0 aromatic carbocycles.